The van der Waals surface area contributed by atoms with Crippen molar-refractivity contribution in [2.45, 2.75) is 31.8 Å². The molecule has 3 heteroatoms. The predicted molar refractivity (Wildman–Crippen MR) is 126 cm³/mol. The van der Waals surface area contributed by atoms with Gasteiger partial charge in [-0.1, -0.05) is 91.3 Å². The second-order valence-electron chi connectivity index (χ2n) is 7.99. The lowest BCUT2D eigenvalue weighted by Gasteiger charge is -2.25. The van der Waals surface area contributed by atoms with Gasteiger partial charge in [-0.25, -0.2) is 0 Å². The largest absolute Gasteiger partial charge is 0.393 e. The maximum Gasteiger partial charge on any atom is 0.0996 e. The molecular weight excluding hydrogens is 368 g/mol. The second-order valence-corrected chi connectivity index (χ2v) is 7.99. The third-order valence-electron chi connectivity index (χ3n) is 5.83. The number of nitrogens with one attached hydrogen (secondary N) is 1. The molecule has 3 aromatic carbocycles. The number of hydrogen-bond acceptors (Lipinski definition) is 3. The molecule has 1 aliphatic heterocycles. The number of nitrogens with zero attached hydrogens (tertiary/aromatic N) is 1. The van der Waals surface area contributed by atoms with Crippen LogP contribution in [0.25, 0.3) is 22.3 Å². The molecule has 0 radical (unpaired) electrons. The van der Waals surface area contributed by atoms with Crippen LogP contribution in [-0.4, -0.2) is 30.1 Å². The molecule has 3 aromatic rings. The lowest BCUT2D eigenvalue weighted by atomic mass is 9.86. The van der Waals surface area contributed by atoms with Crippen LogP contribution in [0.1, 0.15) is 25.7 Å². The average Bonchev–Trinajstić information content (AvgIpc) is 3.36. The monoisotopic (exact) mass is 398 g/mol. The Labute approximate surface area is 179 Å². The van der Waals surface area contributed by atoms with Gasteiger partial charge >= 0.3 is 0 Å². The van der Waals surface area contributed by atoms with Crippen LogP contribution in [0.4, 0.5) is 0 Å². The van der Waals surface area contributed by atoms with Gasteiger partial charge in [0.25, 0.3) is 0 Å². The molecule has 3 nitrogen and oxygen atoms in total. The maximum atomic E-state index is 9.46. The molecular formula is C27H30N2O. The summed E-state index contributed by atoms with van der Waals surface area (Å²) in [6, 6.07) is 29.6. The van der Waals surface area contributed by atoms with Gasteiger partial charge in [0.15, 0.2) is 0 Å². The fraction of sp³-hybridized carbons (Fsp3) is 0.296. The number of aliphatic imine (C=N–C) groups is 1. The Kier molecular flexibility index (Phi) is 6.94. The molecule has 2 aliphatic rings. The average molecular weight is 399 g/mol. The number of aliphatic hydroxyl groups is 1. The zero-order valence-corrected chi connectivity index (χ0v) is 17.4. The zero-order chi connectivity index (χ0) is 20.6. The summed E-state index contributed by atoms with van der Waals surface area (Å²) in [7, 11) is 0. The summed E-state index contributed by atoms with van der Waals surface area (Å²) in [4.78, 5) is 4.39. The van der Waals surface area contributed by atoms with Crippen LogP contribution in [-0.2, 0) is 0 Å². The summed E-state index contributed by atoms with van der Waals surface area (Å²) < 4.78 is 0. The van der Waals surface area contributed by atoms with Gasteiger partial charge in [-0.3, -0.25) is 4.99 Å². The van der Waals surface area contributed by atoms with E-state index in [1.807, 2.05) is 0 Å². The molecule has 0 saturated heterocycles. The molecule has 2 N–H and O–H groups in total. The first-order chi connectivity index (χ1) is 14.8. The third-order valence-corrected chi connectivity index (χ3v) is 5.83. The first-order valence-electron chi connectivity index (χ1n) is 11.0. The highest BCUT2D eigenvalue weighted by Crippen LogP contribution is 2.31. The summed E-state index contributed by atoms with van der Waals surface area (Å²) in [5.74, 6) is 1.66. The van der Waals surface area contributed by atoms with Gasteiger partial charge in [-0.2, -0.15) is 0 Å². The molecule has 2 unspecified atom stereocenters. The van der Waals surface area contributed by atoms with E-state index in [9.17, 15) is 5.11 Å². The van der Waals surface area contributed by atoms with Crippen molar-refractivity contribution in [3.05, 3.63) is 84.9 Å². The summed E-state index contributed by atoms with van der Waals surface area (Å²) in [5.41, 5.74) is 5.09. The Morgan fingerprint density at radius 1 is 0.733 bits per heavy atom. The Balaban J connectivity index is 0.000000158. The van der Waals surface area contributed by atoms with Crippen LogP contribution in [0.2, 0.25) is 0 Å². The summed E-state index contributed by atoms with van der Waals surface area (Å²) in [6.07, 6.45) is 4.14. The standard InChI is InChI=1S/C18H14.C9H16N2O/c1-3-9-15(10-4-1)17-13-7-8-14-18(17)16-11-5-2-6-12-16;12-8-3-1-2-7(6-8)9-10-4-5-11-9/h1-14H;7-8,12H,1-6H2,(H,10,11). The normalized spacial score (nSPS) is 20.5. The van der Waals surface area contributed by atoms with Gasteiger partial charge in [0.2, 0.25) is 0 Å². The van der Waals surface area contributed by atoms with E-state index in [4.69, 9.17) is 0 Å². The van der Waals surface area contributed by atoms with Crippen molar-refractivity contribution >= 4 is 5.84 Å². The molecule has 2 atom stereocenters. The Bertz CT molecular complexity index is 894. The van der Waals surface area contributed by atoms with Crippen molar-refractivity contribution in [3.8, 4) is 22.3 Å². The van der Waals surface area contributed by atoms with E-state index in [1.54, 1.807) is 0 Å². The van der Waals surface area contributed by atoms with Gasteiger partial charge in [0, 0.05) is 12.5 Å². The van der Waals surface area contributed by atoms with E-state index in [1.165, 1.54) is 28.7 Å². The van der Waals surface area contributed by atoms with Gasteiger partial charge < -0.3 is 10.4 Å². The Morgan fingerprint density at radius 3 is 1.80 bits per heavy atom. The van der Waals surface area contributed by atoms with E-state index >= 15 is 0 Å². The molecule has 0 amide bonds. The molecule has 1 heterocycles. The minimum absolute atomic E-state index is 0.0890. The maximum absolute atomic E-state index is 9.46. The molecule has 30 heavy (non-hydrogen) atoms. The smallest absolute Gasteiger partial charge is 0.0996 e. The Morgan fingerprint density at radius 2 is 1.30 bits per heavy atom. The van der Waals surface area contributed by atoms with Crippen molar-refractivity contribution in [2.75, 3.05) is 13.1 Å². The van der Waals surface area contributed by atoms with E-state index in [-0.39, 0.29) is 6.10 Å². The number of benzene rings is 3. The predicted octanol–water partition coefficient (Wildman–Crippen LogP) is 5.56. The lowest BCUT2D eigenvalue weighted by Crippen LogP contribution is -2.32. The lowest BCUT2D eigenvalue weighted by molar-refractivity contribution is 0.117. The van der Waals surface area contributed by atoms with Crippen LogP contribution in [0.15, 0.2) is 89.9 Å². The van der Waals surface area contributed by atoms with Gasteiger partial charge in [0.1, 0.15) is 0 Å². The number of rotatable bonds is 3. The molecule has 154 valence electrons. The number of aliphatic hydroxyl groups excluding tert-OH is 1. The van der Waals surface area contributed by atoms with Gasteiger partial charge in [-0.05, 0) is 41.5 Å². The van der Waals surface area contributed by atoms with Crippen molar-refractivity contribution < 1.29 is 5.11 Å². The SMILES string of the molecule is OC1CCCC(C2=NCCN2)C1.c1ccc(-c2ccccc2-c2ccccc2)cc1. The fourth-order valence-corrected chi connectivity index (χ4v) is 4.32. The van der Waals surface area contributed by atoms with Crippen LogP contribution in [0, 0.1) is 5.92 Å². The van der Waals surface area contributed by atoms with Crippen molar-refractivity contribution in [3.63, 3.8) is 0 Å². The molecule has 1 aliphatic carbocycles. The van der Waals surface area contributed by atoms with Crippen LogP contribution in [0.3, 0.4) is 0 Å². The van der Waals surface area contributed by atoms with E-state index in [0.717, 1.165) is 38.2 Å². The van der Waals surface area contributed by atoms with Crippen LogP contribution < -0.4 is 5.32 Å². The van der Waals surface area contributed by atoms with Crippen LogP contribution >= 0.6 is 0 Å². The Hall–Kier alpha value is -2.91. The first kappa shape index (κ1) is 20.4. The summed E-state index contributed by atoms with van der Waals surface area (Å²) in [5, 5.41) is 12.7. The molecule has 0 spiro atoms. The fourth-order valence-electron chi connectivity index (χ4n) is 4.32. The first-order valence-corrected chi connectivity index (χ1v) is 11.0. The highest BCUT2D eigenvalue weighted by molar-refractivity contribution is 5.86. The molecule has 1 saturated carbocycles. The van der Waals surface area contributed by atoms with E-state index < -0.39 is 0 Å². The van der Waals surface area contributed by atoms with Gasteiger partial charge in [-0.15, -0.1) is 0 Å². The van der Waals surface area contributed by atoms with Crippen molar-refractivity contribution in [1.82, 2.24) is 5.32 Å². The highest BCUT2D eigenvalue weighted by atomic mass is 16.3. The molecule has 1 fully saturated rings. The minimum atomic E-state index is -0.0890. The minimum Gasteiger partial charge on any atom is -0.393 e. The van der Waals surface area contributed by atoms with Crippen molar-refractivity contribution in [1.29, 1.82) is 0 Å². The number of amidine groups is 1. The molecule has 0 bridgehead atoms. The zero-order valence-electron chi connectivity index (χ0n) is 17.4. The molecule has 0 aromatic heterocycles. The van der Waals surface area contributed by atoms with E-state index in [2.05, 4.69) is 95.2 Å². The highest BCUT2D eigenvalue weighted by Gasteiger charge is 2.25. The summed E-state index contributed by atoms with van der Waals surface area (Å²) in [6.45, 7) is 1.91. The van der Waals surface area contributed by atoms with E-state index in [0.29, 0.717) is 5.92 Å². The topological polar surface area (TPSA) is 44.6 Å². The van der Waals surface area contributed by atoms with Gasteiger partial charge in [0.05, 0.1) is 18.5 Å². The molecule has 5 rings (SSSR count). The quantitative estimate of drug-likeness (QED) is 0.607. The van der Waals surface area contributed by atoms with Crippen molar-refractivity contribution in [2.24, 2.45) is 10.9 Å². The second kappa shape index (κ2) is 10.2. The summed E-state index contributed by atoms with van der Waals surface area (Å²) >= 11 is 0. The third kappa shape index (κ3) is 5.17. The van der Waals surface area contributed by atoms with Crippen LogP contribution in [0.5, 0.6) is 0 Å². The number of hydrogen-bond donors (Lipinski definition) is 2.